The summed E-state index contributed by atoms with van der Waals surface area (Å²) in [5.74, 6) is -0.679. The molecule has 8 heteroatoms. The lowest BCUT2D eigenvalue weighted by Crippen LogP contribution is -2.44. The number of hydrogen-bond acceptors (Lipinski definition) is 5. The number of aromatic nitrogens is 2. The van der Waals surface area contributed by atoms with E-state index in [1.165, 1.54) is 22.7 Å². The van der Waals surface area contributed by atoms with Gasteiger partial charge in [-0.1, -0.05) is 29.8 Å². The minimum Gasteiger partial charge on any atom is -0.289 e. The van der Waals surface area contributed by atoms with Gasteiger partial charge in [-0.3, -0.25) is 29.8 Å². The number of carbonyl (C=O) groups is 2. The summed E-state index contributed by atoms with van der Waals surface area (Å²) in [6, 6.07) is 14.7. The number of amides is 2. The molecule has 0 aliphatic heterocycles. The minimum absolute atomic E-state index is 0.167. The van der Waals surface area contributed by atoms with Gasteiger partial charge in [0.15, 0.2) is 0 Å². The molecule has 0 spiro atoms. The van der Waals surface area contributed by atoms with Gasteiger partial charge in [0.1, 0.15) is 6.54 Å². The van der Waals surface area contributed by atoms with Crippen LogP contribution in [-0.4, -0.2) is 27.1 Å². The molecule has 0 bridgehead atoms. The van der Waals surface area contributed by atoms with Gasteiger partial charge in [-0.25, -0.2) is 4.98 Å². The number of para-hydroxylation sites is 1. The van der Waals surface area contributed by atoms with Gasteiger partial charge in [0, 0.05) is 4.90 Å². The zero-order valence-corrected chi connectivity index (χ0v) is 15.5. The summed E-state index contributed by atoms with van der Waals surface area (Å²) in [5.41, 5.74) is 6.07. The van der Waals surface area contributed by atoms with Crippen molar-refractivity contribution >= 4 is 34.5 Å². The van der Waals surface area contributed by atoms with Crippen LogP contribution in [0, 0.1) is 6.92 Å². The molecule has 2 amide bonds. The fourth-order valence-corrected chi connectivity index (χ4v) is 3.07. The fourth-order valence-electron chi connectivity index (χ4n) is 2.37. The molecule has 1 aromatic heterocycles. The lowest BCUT2D eigenvalue weighted by atomic mass is 10.2. The van der Waals surface area contributed by atoms with Crippen LogP contribution in [-0.2, 0) is 16.1 Å². The third kappa shape index (κ3) is 4.95. The third-order valence-electron chi connectivity index (χ3n) is 3.78. The molecule has 7 nitrogen and oxygen atoms in total. The largest absolute Gasteiger partial charge is 0.289 e. The first-order chi connectivity index (χ1) is 13.0. The average molecular weight is 382 g/mol. The summed E-state index contributed by atoms with van der Waals surface area (Å²) in [7, 11) is 0. The maximum atomic E-state index is 12.3. The second kappa shape index (κ2) is 8.50. The summed E-state index contributed by atoms with van der Waals surface area (Å²) in [6.45, 7) is 1.76. The van der Waals surface area contributed by atoms with Gasteiger partial charge in [0.05, 0.1) is 23.0 Å². The molecule has 0 atom stereocenters. The van der Waals surface area contributed by atoms with Crippen LogP contribution in [0.1, 0.15) is 5.56 Å². The smallest absolute Gasteiger partial charge is 0.261 e. The Morgan fingerprint density at radius 1 is 1.04 bits per heavy atom. The molecule has 138 valence electrons. The molecule has 2 N–H and O–H groups in total. The van der Waals surface area contributed by atoms with Gasteiger partial charge in [-0.15, -0.1) is 11.8 Å². The van der Waals surface area contributed by atoms with E-state index in [4.69, 9.17) is 0 Å². The number of hydrogen-bond donors (Lipinski definition) is 2. The third-order valence-corrected chi connectivity index (χ3v) is 4.79. The highest BCUT2D eigenvalue weighted by molar-refractivity contribution is 8.00. The van der Waals surface area contributed by atoms with Crippen LogP contribution in [0.5, 0.6) is 0 Å². The highest BCUT2D eigenvalue weighted by Crippen LogP contribution is 2.17. The number of aryl methyl sites for hydroxylation is 1. The van der Waals surface area contributed by atoms with Gasteiger partial charge in [0.2, 0.25) is 5.91 Å². The van der Waals surface area contributed by atoms with Crippen molar-refractivity contribution in [3.8, 4) is 0 Å². The zero-order chi connectivity index (χ0) is 19.2. The Labute approximate surface area is 159 Å². The minimum atomic E-state index is -0.511. The number of thioether (sulfide) groups is 1. The predicted octanol–water partition coefficient (Wildman–Crippen LogP) is 1.64. The monoisotopic (exact) mass is 382 g/mol. The summed E-state index contributed by atoms with van der Waals surface area (Å²) in [6.07, 6.45) is 1.32. The second-order valence-corrected chi connectivity index (χ2v) is 6.94. The normalized spacial score (nSPS) is 10.6. The lowest BCUT2D eigenvalue weighted by molar-refractivity contribution is -0.128. The molecular weight excluding hydrogens is 364 g/mol. The van der Waals surface area contributed by atoms with E-state index in [-0.39, 0.29) is 23.8 Å². The lowest BCUT2D eigenvalue weighted by Gasteiger charge is -2.09. The van der Waals surface area contributed by atoms with E-state index in [0.29, 0.717) is 10.9 Å². The van der Waals surface area contributed by atoms with E-state index in [0.717, 1.165) is 10.5 Å². The first-order valence-electron chi connectivity index (χ1n) is 8.24. The van der Waals surface area contributed by atoms with E-state index in [9.17, 15) is 14.4 Å². The predicted molar refractivity (Wildman–Crippen MR) is 104 cm³/mol. The van der Waals surface area contributed by atoms with Crippen molar-refractivity contribution < 1.29 is 9.59 Å². The van der Waals surface area contributed by atoms with Crippen molar-refractivity contribution in [1.82, 2.24) is 20.4 Å². The number of fused-ring (bicyclic) bond motifs is 1. The van der Waals surface area contributed by atoms with Crippen LogP contribution in [0.4, 0.5) is 0 Å². The van der Waals surface area contributed by atoms with Gasteiger partial charge < -0.3 is 0 Å². The van der Waals surface area contributed by atoms with E-state index in [1.807, 2.05) is 31.2 Å². The Hall–Kier alpha value is -3.13. The molecule has 27 heavy (non-hydrogen) atoms. The zero-order valence-electron chi connectivity index (χ0n) is 14.6. The van der Waals surface area contributed by atoms with Crippen molar-refractivity contribution in [3.63, 3.8) is 0 Å². The molecule has 3 aromatic rings. The fraction of sp³-hybridized carbons (Fsp3) is 0.158. The quantitative estimate of drug-likeness (QED) is 0.517. The van der Waals surface area contributed by atoms with Crippen molar-refractivity contribution in [2.45, 2.75) is 18.4 Å². The number of benzene rings is 2. The van der Waals surface area contributed by atoms with E-state index in [2.05, 4.69) is 15.8 Å². The van der Waals surface area contributed by atoms with Gasteiger partial charge in [0.25, 0.3) is 11.5 Å². The number of carbonyl (C=O) groups excluding carboxylic acids is 2. The number of nitrogens with zero attached hydrogens (tertiary/aromatic N) is 2. The van der Waals surface area contributed by atoms with E-state index >= 15 is 0 Å². The maximum Gasteiger partial charge on any atom is 0.261 e. The van der Waals surface area contributed by atoms with Crippen LogP contribution in [0.25, 0.3) is 10.9 Å². The van der Waals surface area contributed by atoms with E-state index < -0.39 is 5.91 Å². The Bertz CT molecular complexity index is 1030. The van der Waals surface area contributed by atoms with Crippen LogP contribution >= 0.6 is 11.8 Å². The second-order valence-electron chi connectivity index (χ2n) is 5.89. The molecule has 0 saturated carbocycles. The van der Waals surface area contributed by atoms with Crippen LogP contribution in [0.15, 0.2) is 64.5 Å². The highest BCUT2D eigenvalue weighted by atomic mass is 32.2. The summed E-state index contributed by atoms with van der Waals surface area (Å²) in [4.78, 5) is 41.3. The molecule has 3 rings (SSSR count). The molecular formula is C19H18N4O3S. The molecule has 0 aliphatic rings. The Balaban J connectivity index is 1.51. The average Bonchev–Trinajstić information content (AvgIpc) is 2.68. The van der Waals surface area contributed by atoms with Crippen molar-refractivity contribution in [2.24, 2.45) is 0 Å². The molecule has 0 radical (unpaired) electrons. The number of rotatable bonds is 5. The van der Waals surface area contributed by atoms with Crippen LogP contribution in [0.3, 0.4) is 0 Å². The Morgan fingerprint density at radius 3 is 2.52 bits per heavy atom. The molecule has 1 heterocycles. The number of nitrogens with one attached hydrogen (secondary N) is 2. The van der Waals surface area contributed by atoms with Crippen LogP contribution in [0.2, 0.25) is 0 Å². The molecule has 0 aliphatic carbocycles. The molecule has 0 saturated heterocycles. The molecule has 2 aromatic carbocycles. The Kier molecular flexibility index (Phi) is 5.87. The standard InChI is InChI=1S/C19H18N4O3S/c1-13-6-8-14(9-7-13)27-11-18(25)22-21-17(24)10-23-12-20-16-5-3-2-4-15(16)19(23)26/h2-9,12H,10-11H2,1H3,(H,21,24)(H,22,25). The molecule has 0 unspecified atom stereocenters. The van der Waals surface area contributed by atoms with Crippen molar-refractivity contribution in [2.75, 3.05) is 5.75 Å². The van der Waals surface area contributed by atoms with Crippen molar-refractivity contribution in [1.29, 1.82) is 0 Å². The number of hydrazine groups is 1. The summed E-state index contributed by atoms with van der Waals surface area (Å²) < 4.78 is 1.20. The first kappa shape index (κ1) is 18.7. The highest BCUT2D eigenvalue weighted by Gasteiger charge is 2.09. The SMILES string of the molecule is Cc1ccc(SCC(=O)NNC(=O)Cn2cnc3ccccc3c2=O)cc1. The van der Waals surface area contributed by atoms with E-state index in [1.54, 1.807) is 24.3 Å². The Morgan fingerprint density at radius 2 is 1.74 bits per heavy atom. The maximum absolute atomic E-state index is 12.3. The first-order valence-corrected chi connectivity index (χ1v) is 9.23. The van der Waals surface area contributed by atoms with Gasteiger partial charge >= 0.3 is 0 Å². The topological polar surface area (TPSA) is 93.1 Å². The van der Waals surface area contributed by atoms with Crippen molar-refractivity contribution in [3.05, 3.63) is 70.8 Å². The van der Waals surface area contributed by atoms with Gasteiger partial charge in [-0.05, 0) is 31.2 Å². The van der Waals surface area contributed by atoms with Gasteiger partial charge in [-0.2, -0.15) is 0 Å². The molecule has 0 fully saturated rings. The summed E-state index contributed by atoms with van der Waals surface area (Å²) >= 11 is 1.37. The van der Waals surface area contributed by atoms with Crippen LogP contribution < -0.4 is 16.4 Å². The summed E-state index contributed by atoms with van der Waals surface area (Å²) in [5, 5.41) is 0.436.